The molecule has 0 aliphatic carbocycles. The van der Waals surface area contributed by atoms with E-state index in [1.54, 1.807) is 32.9 Å². The first kappa shape index (κ1) is 57.6. The fourth-order valence-corrected chi connectivity index (χ4v) is 2.48. The van der Waals surface area contributed by atoms with Crippen molar-refractivity contribution in [1.82, 2.24) is 5.43 Å². The standard InChI is InChI=1S/C11H15FN2.C9H16F2O.C4H6ClF.C4H6O.2C2H6.C2H2.CH3F/c1-4-9(2)14(13-3)11-7-5-10(12)6-8-11;1-5-9(12,6-7(2)3)8(4,10)11;1-4(5)2-3-6;1-3-4(2)5;4*1-2/h4-8,13H,1-3H3;12H,2,5-6H2,1,3-4H3;2H,3H2,1H3;3,5H,1-2H2;2*1-2H3;1-2H;1H3/b9-4-;;4-2+;;;;;. The third-order valence-corrected chi connectivity index (χ3v) is 4.82. The molecule has 1 rings (SSSR count). The number of hydrogen-bond donors (Lipinski definition) is 3. The van der Waals surface area contributed by atoms with E-state index in [0.717, 1.165) is 18.3 Å². The van der Waals surface area contributed by atoms with Gasteiger partial charge in [0, 0.05) is 31.1 Å². The van der Waals surface area contributed by atoms with Crippen LogP contribution in [-0.2, 0) is 0 Å². The Labute approximate surface area is 277 Å². The van der Waals surface area contributed by atoms with Crippen LogP contribution in [0.1, 0.15) is 82.1 Å². The predicted molar refractivity (Wildman–Crippen MR) is 190 cm³/mol. The lowest BCUT2D eigenvalue weighted by Crippen LogP contribution is -2.45. The van der Waals surface area contributed by atoms with E-state index in [4.69, 9.17) is 16.7 Å². The average molecular weight is 671 g/mol. The largest absolute Gasteiger partial charge is 0.509 e. The molecule has 4 nitrogen and oxygen atoms in total. The van der Waals surface area contributed by atoms with Crippen LogP contribution >= 0.6 is 11.6 Å². The van der Waals surface area contributed by atoms with Gasteiger partial charge in [0.1, 0.15) is 23.9 Å². The number of aliphatic hydroxyl groups is 2. The van der Waals surface area contributed by atoms with Crippen molar-refractivity contribution in [1.29, 1.82) is 0 Å². The second kappa shape index (κ2) is 39.0. The van der Waals surface area contributed by atoms with Crippen LogP contribution in [0.25, 0.3) is 0 Å². The Morgan fingerprint density at radius 2 is 1.42 bits per heavy atom. The van der Waals surface area contributed by atoms with Crippen molar-refractivity contribution in [2.45, 2.75) is 93.6 Å². The van der Waals surface area contributed by atoms with Crippen LogP contribution in [0.15, 0.2) is 84.3 Å². The fraction of sp³-hybridized carbons (Fsp3) is 0.486. The number of hydrazine groups is 1. The van der Waals surface area contributed by atoms with Crippen molar-refractivity contribution in [3.63, 3.8) is 0 Å². The van der Waals surface area contributed by atoms with E-state index in [1.165, 1.54) is 24.3 Å². The molecule has 0 spiro atoms. The van der Waals surface area contributed by atoms with E-state index in [-0.39, 0.29) is 24.4 Å². The summed E-state index contributed by atoms with van der Waals surface area (Å²) in [6.45, 7) is 26.9. The number of anilines is 1. The molecule has 45 heavy (non-hydrogen) atoms. The molecule has 0 aromatic heterocycles. The topological polar surface area (TPSA) is 55.7 Å². The highest BCUT2D eigenvalue weighted by Gasteiger charge is 2.46. The first-order valence-electron chi connectivity index (χ1n) is 14.2. The van der Waals surface area contributed by atoms with Gasteiger partial charge < -0.3 is 10.2 Å². The van der Waals surface area contributed by atoms with Crippen molar-refractivity contribution in [3.05, 3.63) is 90.1 Å². The van der Waals surface area contributed by atoms with E-state index in [2.05, 4.69) is 38.0 Å². The van der Waals surface area contributed by atoms with Gasteiger partial charge in [0.2, 0.25) is 0 Å². The van der Waals surface area contributed by atoms with Crippen LogP contribution in [0.4, 0.5) is 27.6 Å². The molecule has 0 fully saturated rings. The summed E-state index contributed by atoms with van der Waals surface area (Å²) in [5.74, 6) is -3.27. The third-order valence-electron chi connectivity index (χ3n) is 4.67. The monoisotopic (exact) mass is 670 g/mol. The van der Waals surface area contributed by atoms with Crippen molar-refractivity contribution < 1.29 is 32.2 Å². The molecule has 10 heteroatoms. The zero-order chi connectivity index (χ0) is 37.8. The van der Waals surface area contributed by atoms with Gasteiger partial charge in [0.15, 0.2) is 0 Å². The number of benzene rings is 1. The zero-order valence-electron chi connectivity index (χ0n) is 29.5. The lowest BCUT2D eigenvalue weighted by Gasteiger charge is -2.32. The summed E-state index contributed by atoms with van der Waals surface area (Å²) in [5.41, 5.74) is 3.66. The van der Waals surface area contributed by atoms with E-state index in [1.807, 2.05) is 59.7 Å². The molecule has 264 valence electrons. The second-order valence-corrected chi connectivity index (χ2v) is 8.61. The highest BCUT2D eigenvalue weighted by Crippen LogP contribution is 2.35. The molecular formula is C35H60ClF5N2O2. The van der Waals surface area contributed by atoms with E-state index >= 15 is 0 Å². The second-order valence-electron chi connectivity index (χ2n) is 8.01. The first-order valence-corrected chi connectivity index (χ1v) is 14.5. The van der Waals surface area contributed by atoms with Crippen LogP contribution in [0.5, 0.6) is 0 Å². The van der Waals surface area contributed by atoms with Gasteiger partial charge in [-0.1, -0.05) is 71.0 Å². The minimum Gasteiger partial charge on any atom is -0.509 e. The molecule has 0 aliphatic rings. The maximum absolute atomic E-state index is 12.8. The number of alkyl halides is 4. The Bertz CT molecular complexity index is 909. The quantitative estimate of drug-likeness (QED) is 0.0611. The van der Waals surface area contributed by atoms with Gasteiger partial charge in [-0.3, -0.25) is 9.40 Å². The van der Waals surface area contributed by atoms with Gasteiger partial charge in [-0.25, -0.2) is 23.0 Å². The van der Waals surface area contributed by atoms with Gasteiger partial charge in [-0.05, 0) is 70.5 Å². The summed E-state index contributed by atoms with van der Waals surface area (Å²) < 4.78 is 58.9. The van der Waals surface area contributed by atoms with Crippen LogP contribution in [0.3, 0.4) is 0 Å². The number of hydrogen-bond acceptors (Lipinski definition) is 4. The number of terminal acetylenes is 1. The van der Waals surface area contributed by atoms with Crippen molar-refractivity contribution >= 4 is 17.3 Å². The van der Waals surface area contributed by atoms with Gasteiger partial charge in [0.25, 0.3) is 5.92 Å². The predicted octanol–water partition coefficient (Wildman–Crippen LogP) is 11.7. The van der Waals surface area contributed by atoms with Gasteiger partial charge in [-0.2, -0.15) is 0 Å². The maximum Gasteiger partial charge on any atom is 0.273 e. The first-order chi connectivity index (χ1) is 21.0. The highest BCUT2D eigenvalue weighted by atomic mass is 35.5. The van der Waals surface area contributed by atoms with Crippen molar-refractivity contribution in [2.75, 3.05) is 25.9 Å². The third kappa shape index (κ3) is 37.0. The van der Waals surface area contributed by atoms with Crippen LogP contribution in [0, 0.1) is 18.7 Å². The molecule has 0 bridgehead atoms. The minimum atomic E-state index is -3.07. The molecule has 1 aromatic rings. The molecule has 3 N–H and O–H groups in total. The summed E-state index contributed by atoms with van der Waals surface area (Å²) in [6.07, 6.45) is 12.6. The normalized spacial score (nSPS) is 11.0. The maximum atomic E-state index is 12.8. The summed E-state index contributed by atoms with van der Waals surface area (Å²) in [5, 5.41) is 20.0. The van der Waals surface area contributed by atoms with Gasteiger partial charge in [-0.15, -0.1) is 19.4 Å². The summed E-state index contributed by atoms with van der Waals surface area (Å²) in [6, 6.07) is 6.36. The highest BCUT2D eigenvalue weighted by molar-refractivity contribution is 6.29. The van der Waals surface area contributed by atoms with E-state index < -0.39 is 18.2 Å². The molecule has 1 aromatic carbocycles. The zero-order valence-corrected chi connectivity index (χ0v) is 30.3. The van der Waals surface area contributed by atoms with Crippen LogP contribution in [-0.4, -0.2) is 42.6 Å². The van der Waals surface area contributed by atoms with Gasteiger partial charge in [0.05, 0.1) is 12.9 Å². The summed E-state index contributed by atoms with van der Waals surface area (Å²) >= 11 is 5.20. The Morgan fingerprint density at radius 3 is 1.58 bits per heavy atom. The molecule has 0 radical (unpaired) electrons. The molecule has 0 aliphatic heterocycles. The minimum absolute atomic E-state index is 0.0185. The number of allylic oxidation sites excluding steroid dienone is 5. The Hall–Kier alpha value is -3.06. The number of halogens is 6. The summed E-state index contributed by atoms with van der Waals surface area (Å²) in [7, 11) is 2.33. The van der Waals surface area contributed by atoms with Crippen molar-refractivity contribution in [2.24, 2.45) is 0 Å². The smallest absolute Gasteiger partial charge is 0.273 e. The van der Waals surface area contributed by atoms with E-state index in [0.29, 0.717) is 17.8 Å². The molecule has 1 unspecified atom stereocenters. The van der Waals surface area contributed by atoms with Crippen LogP contribution < -0.4 is 10.4 Å². The average Bonchev–Trinajstić information content (AvgIpc) is 3.02. The molecule has 0 saturated carbocycles. The van der Waals surface area contributed by atoms with Gasteiger partial charge >= 0.3 is 0 Å². The lowest BCUT2D eigenvalue weighted by molar-refractivity contribution is -0.170. The Morgan fingerprint density at radius 1 is 1.04 bits per heavy atom. The fourth-order valence-electron chi connectivity index (χ4n) is 2.42. The molecule has 0 saturated heterocycles. The molecule has 1 atom stereocenters. The Balaban J connectivity index is -0.0000000841. The number of nitrogens with one attached hydrogen (secondary N) is 1. The van der Waals surface area contributed by atoms with Crippen molar-refractivity contribution in [3.8, 4) is 12.8 Å². The molecule has 0 amide bonds. The number of nitrogens with zero attached hydrogens (tertiary/aromatic N) is 1. The molecular weight excluding hydrogens is 611 g/mol. The SMILES string of the molecule is C#C.C/C(Cl)=C\CF.C/C=C(/C)N(NC)c1ccc(F)cc1.C=C(C)CC(O)(CC)C(C)(F)F.C=CC(=C)O.CC.CC.CF. The lowest BCUT2D eigenvalue weighted by atomic mass is 9.87. The number of aliphatic hydroxyl groups excluding tert-OH is 1. The summed E-state index contributed by atoms with van der Waals surface area (Å²) in [4.78, 5) is 0. The van der Waals surface area contributed by atoms with Crippen LogP contribution in [0.2, 0.25) is 0 Å². The van der Waals surface area contributed by atoms with E-state index in [9.17, 15) is 27.1 Å². The Kier molecular flexibility index (Phi) is 49.9. The molecule has 0 heterocycles. The number of rotatable bonds is 9.